The maximum absolute atomic E-state index is 12.0. The average Bonchev–Trinajstić information content (AvgIpc) is 2.93. The number of ether oxygens (including phenoxy) is 2. The molecule has 216 valence electrons. The number of rotatable bonds is 19. The summed E-state index contributed by atoms with van der Waals surface area (Å²) in [6.07, 6.45) is 3.08. The van der Waals surface area contributed by atoms with Crippen LogP contribution in [-0.2, 0) is 20.7 Å². The molecule has 1 amide bonds. The minimum Gasteiger partial charge on any atom is -0.469 e. The van der Waals surface area contributed by atoms with Gasteiger partial charge in [0.05, 0.1) is 32.8 Å². The molecule has 39 heavy (non-hydrogen) atoms. The molecule has 13 heteroatoms. The van der Waals surface area contributed by atoms with Gasteiger partial charge >= 0.3 is 12.0 Å². The molecule has 0 aliphatic heterocycles. The Bertz CT molecular complexity index is 1050. The van der Waals surface area contributed by atoms with Gasteiger partial charge in [-0.2, -0.15) is 9.97 Å². The van der Waals surface area contributed by atoms with E-state index in [4.69, 9.17) is 15.2 Å². The lowest BCUT2D eigenvalue weighted by molar-refractivity contribution is -0.139. The highest BCUT2D eigenvalue weighted by Gasteiger charge is 2.19. The Balaban J connectivity index is 2.05. The second-order valence-corrected chi connectivity index (χ2v) is 9.93. The fourth-order valence-corrected chi connectivity index (χ4v) is 4.72. The molecule has 2 rings (SSSR count). The second-order valence-electron chi connectivity index (χ2n) is 8.76. The third-order valence-corrected chi connectivity index (χ3v) is 6.72. The van der Waals surface area contributed by atoms with Crippen molar-refractivity contribution in [2.45, 2.75) is 50.0 Å². The smallest absolute Gasteiger partial charge is 0.320 e. The van der Waals surface area contributed by atoms with E-state index in [9.17, 15) is 19.8 Å². The molecule has 5 N–H and O–H groups in total. The zero-order valence-electron chi connectivity index (χ0n) is 22.8. The van der Waals surface area contributed by atoms with Crippen molar-refractivity contribution in [3.8, 4) is 6.01 Å². The molecule has 0 radical (unpaired) electrons. The molecular weight excluding hydrogens is 524 g/mol. The summed E-state index contributed by atoms with van der Waals surface area (Å²) in [5, 5.41) is 22.4. The number of hydrogen-bond donors (Lipinski definition) is 4. The number of unbranched alkanes of at least 4 members (excludes halogenated alkanes) is 2. The highest BCUT2D eigenvalue weighted by Crippen LogP contribution is 2.30. The summed E-state index contributed by atoms with van der Waals surface area (Å²) in [4.78, 5) is 34.6. The number of hydrogen-bond acceptors (Lipinski definition) is 12. The molecule has 0 spiro atoms. The maximum Gasteiger partial charge on any atom is 0.320 e. The van der Waals surface area contributed by atoms with Crippen LogP contribution >= 0.6 is 11.9 Å². The van der Waals surface area contributed by atoms with Crippen LogP contribution in [0.15, 0.2) is 29.2 Å². The van der Waals surface area contributed by atoms with E-state index in [1.54, 1.807) is 7.05 Å². The minimum absolute atomic E-state index is 0.122. The highest BCUT2D eigenvalue weighted by molar-refractivity contribution is 7.97. The van der Waals surface area contributed by atoms with Gasteiger partial charge < -0.3 is 30.7 Å². The van der Waals surface area contributed by atoms with E-state index < -0.39 is 6.10 Å². The molecule has 1 heterocycles. The number of aliphatic hydroxyl groups is 2. The number of amides is 1. The Morgan fingerprint density at radius 3 is 2.69 bits per heavy atom. The van der Waals surface area contributed by atoms with Crippen LogP contribution in [0.1, 0.15) is 38.2 Å². The van der Waals surface area contributed by atoms with Gasteiger partial charge in [-0.15, -0.1) is 0 Å². The Hall–Kier alpha value is -3.13. The van der Waals surface area contributed by atoms with Crippen LogP contribution in [0.2, 0.25) is 0 Å². The summed E-state index contributed by atoms with van der Waals surface area (Å²) in [6.45, 7) is 3.33. The summed E-state index contributed by atoms with van der Waals surface area (Å²) in [5.74, 6) is 0.211. The lowest BCUT2D eigenvalue weighted by Crippen LogP contribution is -2.31. The number of nitrogens with two attached hydrogens (primary N) is 1. The van der Waals surface area contributed by atoms with Crippen LogP contribution in [0.3, 0.4) is 0 Å². The standard InChI is InChI=1S/C26H40N6O6S/c1-4-5-13-38-26-29-24(27)23(28-2)25(30-26)31(18-34)11-6-7-12-32(16-20(35)17-33)39-21-10-8-9-19(14-21)15-22(36)37-3/h8-10,14,18,20,28,33,35H,4-7,11-13,15-17H2,1-3H3,(H2,27,29,30)/t20-/m1/s1. The average molecular weight is 565 g/mol. The number of methoxy groups -OCH3 is 1. The Morgan fingerprint density at radius 1 is 1.26 bits per heavy atom. The molecule has 1 aromatic carbocycles. The number of nitrogens with zero attached hydrogens (tertiary/aromatic N) is 4. The summed E-state index contributed by atoms with van der Waals surface area (Å²) < 4.78 is 12.3. The number of aliphatic hydroxyl groups excluding tert-OH is 2. The van der Waals surface area contributed by atoms with Crippen molar-refractivity contribution in [2.24, 2.45) is 0 Å². The van der Waals surface area contributed by atoms with Crippen molar-refractivity contribution in [1.29, 1.82) is 0 Å². The monoisotopic (exact) mass is 564 g/mol. The van der Waals surface area contributed by atoms with Gasteiger partial charge in [0.25, 0.3) is 0 Å². The Labute approximate surface area is 234 Å². The molecule has 0 fully saturated rings. The van der Waals surface area contributed by atoms with Gasteiger partial charge in [0, 0.05) is 31.6 Å². The zero-order chi connectivity index (χ0) is 28.6. The number of carbonyl (C=O) groups is 2. The van der Waals surface area contributed by atoms with Crippen molar-refractivity contribution < 1.29 is 29.3 Å². The molecule has 0 bridgehead atoms. The van der Waals surface area contributed by atoms with Gasteiger partial charge in [0.15, 0.2) is 11.6 Å². The molecule has 0 saturated carbocycles. The summed E-state index contributed by atoms with van der Waals surface area (Å²) in [5.41, 5.74) is 7.35. The third-order valence-electron chi connectivity index (χ3n) is 5.67. The van der Waals surface area contributed by atoms with Crippen molar-refractivity contribution >= 4 is 41.7 Å². The number of aromatic nitrogens is 2. The third kappa shape index (κ3) is 10.9. The van der Waals surface area contributed by atoms with E-state index in [0.29, 0.717) is 50.5 Å². The van der Waals surface area contributed by atoms with E-state index in [1.165, 1.54) is 24.0 Å². The van der Waals surface area contributed by atoms with Crippen LogP contribution in [0.25, 0.3) is 0 Å². The first-order valence-corrected chi connectivity index (χ1v) is 13.7. The molecule has 12 nitrogen and oxygen atoms in total. The van der Waals surface area contributed by atoms with Crippen LogP contribution in [0.5, 0.6) is 6.01 Å². The van der Waals surface area contributed by atoms with Gasteiger partial charge in [-0.05, 0) is 48.9 Å². The topological polar surface area (TPSA) is 163 Å². The number of esters is 1. The first-order valence-electron chi connectivity index (χ1n) is 12.9. The number of carbonyl (C=O) groups excluding carboxylic acids is 2. The molecule has 1 atom stereocenters. The largest absolute Gasteiger partial charge is 0.469 e. The molecule has 1 aromatic heterocycles. The lowest BCUT2D eigenvalue weighted by Gasteiger charge is -2.24. The number of nitrogen functional groups attached to an aromatic ring is 1. The van der Waals surface area contributed by atoms with Crippen LogP contribution in [-0.4, -0.2) is 90.0 Å². The van der Waals surface area contributed by atoms with Crippen molar-refractivity contribution in [1.82, 2.24) is 14.3 Å². The normalized spacial score (nSPS) is 11.7. The highest BCUT2D eigenvalue weighted by atomic mass is 32.2. The van der Waals surface area contributed by atoms with Crippen molar-refractivity contribution in [3.63, 3.8) is 0 Å². The Morgan fingerprint density at radius 2 is 2.03 bits per heavy atom. The van der Waals surface area contributed by atoms with Gasteiger partial charge in [0.2, 0.25) is 6.41 Å². The molecular formula is C26H40N6O6S. The van der Waals surface area contributed by atoms with Crippen molar-refractivity contribution in [2.75, 3.05) is 63.0 Å². The predicted octanol–water partition coefficient (Wildman–Crippen LogP) is 2.10. The molecule has 0 aliphatic rings. The lowest BCUT2D eigenvalue weighted by atomic mass is 10.1. The van der Waals surface area contributed by atoms with Gasteiger partial charge in [0.1, 0.15) is 5.69 Å². The minimum atomic E-state index is -0.907. The number of anilines is 3. The molecule has 2 aromatic rings. The van der Waals surface area contributed by atoms with Crippen LogP contribution in [0.4, 0.5) is 17.3 Å². The first kappa shape index (κ1) is 32.1. The molecule has 0 saturated heterocycles. The van der Waals surface area contributed by atoms with E-state index in [1.807, 2.05) is 28.6 Å². The van der Waals surface area contributed by atoms with E-state index in [0.717, 1.165) is 23.3 Å². The maximum atomic E-state index is 12.0. The molecule has 0 aliphatic carbocycles. The summed E-state index contributed by atoms with van der Waals surface area (Å²) in [7, 11) is 3.03. The van der Waals surface area contributed by atoms with Crippen molar-refractivity contribution in [3.05, 3.63) is 29.8 Å². The molecule has 0 unspecified atom stereocenters. The van der Waals surface area contributed by atoms with Gasteiger partial charge in [-0.25, -0.2) is 4.31 Å². The second kappa shape index (κ2) is 17.5. The van der Waals surface area contributed by atoms with Crippen LogP contribution < -0.4 is 20.7 Å². The summed E-state index contributed by atoms with van der Waals surface area (Å²) >= 11 is 1.42. The quantitative estimate of drug-likeness (QED) is 0.0852. The SMILES string of the molecule is CCCCOc1nc(N)c(NC)c(N(C=O)CCCCN(C[C@@H](O)CO)Sc2cccc(CC(=O)OC)c2)n1. The first-order chi connectivity index (χ1) is 18.8. The van der Waals surface area contributed by atoms with E-state index in [-0.39, 0.29) is 37.4 Å². The fraction of sp³-hybridized carbons (Fsp3) is 0.538. The fourth-order valence-electron chi connectivity index (χ4n) is 3.61. The summed E-state index contributed by atoms with van der Waals surface area (Å²) in [6, 6.07) is 7.64. The number of nitrogens with one attached hydrogen (secondary N) is 1. The van der Waals surface area contributed by atoms with E-state index >= 15 is 0 Å². The van der Waals surface area contributed by atoms with Gasteiger partial charge in [-0.1, -0.05) is 25.5 Å². The number of benzene rings is 1. The zero-order valence-corrected chi connectivity index (χ0v) is 23.7. The van der Waals surface area contributed by atoms with Gasteiger partial charge in [-0.3, -0.25) is 14.5 Å². The van der Waals surface area contributed by atoms with Crippen LogP contribution in [0, 0.1) is 0 Å². The van der Waals surface area contributed by atoms with E-state index in [2.05, 4.69) is 22.2 Å². The predicted molar refractivity (Wildman–Crippen MR) is 152 cm³/mol. The Kier molecular flexibility index (Phi) is 14.4.